The maximum Gasteiger partial charge on any atom is 0.217 e. The maximum absolute atomic E-state index is 11.1. The quantitative estimate of drug-likeness (QED) is 0.775. The highest BCUT2D eigenvalue weighted by molar-refractivity contribution is 6.30. The summed E-state index contributed by atoms with van der Waals surface area (Å²) in [6.07, 6.45) is 8.79. The monoisotopic (exact) mass is 409 g/mol. The number of rotatable bonds is 6. The number of carbonyl (C=O) groups is 1. The molecule has 2 aromatic rings. The predicted molar refractivity (Wildman–Crippen MR) is 120 cm³/mol. The number of nitrogens with zero attached hydrogens (tertiary/aromatic N) is 2. The molecule has 2 aliphatic heterocycles. The number of hydrogen-bond donors (Lipinski definition) is 1. The van der Waals surface area contributed by atoms with Gasteiger partial charge in [0, 0.05) is 42.8 Å². The average molecular weight is 410 g/mol. The summed E-state index contributed by atoms with van der Waals surface area (Å²) in [5.74, 6) is -0.287. The first kappa shape index (κ1) is 19.8. The largest absolute Gasteiger partial charge is 0.377 e. The molecule has 0 atom stereocenters. The van der Waals surface area contributed by atoms with E-state index in [9.17, 15) is 4.79 Å². The molecule has 4 nitrogen and oxygen atoms in total. The van der Waals surface area contributed by atoms with Crippen LogP contribution in [0.2, 0.25) is 5.02 Å². The van der Waals surface area contributed by atoms with Gasteiger partial charge in [-0.1, -0.05) is 35.9 Å². The van der Waals surface area contributed by atoms with Crippen LogP contribution in [-0.2, 0) is 17.6 Å². The van der Waals surface area contributed by atoms with Crippen molar-refractivity contribution in [1.29, 1.82) is 0 Å². The maximum atomic E-state index is 11.1. The van der Waals surface area contributed by atoms with Crippen LogP contribution in [0.4, 0.5) is 5.69 Å². The molecule has 0 spiro atoms. The van der Waals surface area contributed by atoms with E-state index in [0.717, 1.165) is 30.8 Å². The van der Waals surface area contributed by atoms with Crippen LogP contribution < -0.4 is 10.6 Å². The molecule has 152 valence electrons. The number of aryl methyl sites for hydroxylation is 1. The summed E-state index contributed by atoms with van der Waals surface area (Å²) in [4.78, 5) is 16.2. The van der Waals surface area contributed by atoms with E-state index in [2.05, 4.69) is 46.3 Å². The summed E-state index contributed by atoms with van der Waals surface area (Å²) in [7, 11) is 0. The van der Waals surface area contributed by atoms with Crippen LogP contribution in [0.5, 0.6) is 0 Å². The van der Waals surface area contributed by atoms with Crippen LogP contribution >= 0.6 is 11.6 Å². The highest BCUT2D eigenvalue weighted by Crippen LogP contribution is 2.32. The van der Waals surface area contributed by atoms with Crippen LogP contribution in [0.3, 0.4) is 0 Å². The molecular formula is C24H28ClN3O. The van der Waals surface area contributed by atoms with Crippen molar-refractivity contribution in [2.45, 2.75) is 38.1 Å². The Balaban J connectivity index is 1.37. The number of hydrogen-bond acceptors (Lipinski definition) is 3. The average Bonchev–Trinajstić information content (AvgIpc) is 3.16. The second kappa shape index (κ2) is 8.91. The zero-order valence-corrected chi connectivity index (χ0v) is 17.4. The lowest BCUT2D eigenvalue weighted by Gasteiger charge is -2.37. The van der Waals surface area contributed by atoms with Crippen molar-refractivity contribution in [3.05, 3.63) is 70.4 Å². The number of anilines is 1. The molecule has 1 fully saturated rings. The van der Waals surface area contributed by atoms with Crippen molar-refractivity contribution < 1.29 is 4.79 Å². The fourth-order valence-electron chi connectivity index (χ4n) is 4.49. The predicted octanol–water partition coefficient (Wildman–Crippen LogP) is 4.26. The van der Waals surface area contributed by atoms with Crippen molar-refractivity contribution in [3.8, 4) is 0 Å². The minimum atomic E-state index is -0.287. The van der Waals surface area contributed by atoms with E-state index >= 15 is 0 Å². The van der Waals surface area contributed by atoms with Gasteiger partial charge in [-0.2, -0.15) is 0 Å². The van der Waals surface area contributed by atoms with Crippen LogP contribution in [-0.4, -0.2) is 36.5 Å². The highest BCUT2D eigenvalue weighted by Gasteiger charge is 2.28. The molecule has 0 bridgehead atoms. The molecule has 2 heterocycles. The Morgan fingerprint density at radius 1 is 1.14 bits per heavy atom. The van der Waals surface area contributed by atoms with Gasteiger partial charge in [0.15, 0.2) is 0 Å². The molecule has 2 N–H and O–H groups in total. The Morgan fingerprint density at radius 2 is 1.93 bits per heavy atom. The number of nitrogens with two attached hydrogens (primary N) is 1. The van der Waals surface area contributed by atoms with Gasteiger partial charge in [0.25, 0.3) is 0 Å². The van der Waals surface area contributed by atoms with E-state index in [4.69, 9.17) is 17.3 Å². The lowest BCUT2D eigenvalue weighted by Crippen LogP contribution is -2.42. The summed E-state index contributed by atoms with van der Waals surface area (Å²) in [5, 5.41) is 0.688. The molecule has 0 unspecified atom stereocenters. The van der Waals surface area contributed by atoms with E-state index in [-0.39, 0.29) is 5.91 Å². The van der Waals surface area contributed by atoms with E-state index in [1.807, 2.05) is 18.2 Å². The fourth-order valence-corrected chi connectivity index (χ4v) is 4.68. The normalized spacial score (nSPS) is 17.1. The first-order chi connectivity index (χ1) is 14.1. The lowest BCUT2D eigenvalue weighted by atomic mass is 10.0. The van der Waals surface area contributed by atoms with Gasteiger partial charge in [-0.05, 0) is 72.8 Å². The number of carbonyl (C=O) groups excluding carboxylic acids is 1. The Kier molecular flexibility index (Phi) is 6.10. The van der Waals surface area contributed by atoms with Crippen molar-refractivity contribution >= 4 is 29.3 Å². The number of fused-ring (bicyclic) bond motifs is 1. The zero-order chi connectivity index (χ0) is 20.2. The summed E-state index contributed by atoms with van der Waals surface area (Å²) >= 11 is 6.14. The van der Waals surface area contributed by atoms with Crippen molar-refractivity contribution in [2.75, 3.05) is 24.5 Å². The van der Waals surface area contributed by atoms with Gasteiger partial charge in [-0.25, -0.2) is 0 Å². The molecule has 0 saturated carbocycles. The molecule has 29 heavy (non-hydrogen) atoms. The second-order valence-corrected chi connectivity index (χ2v) is 8.40. The first-order valence-corrected chi connectivity index (χ1v) is 10.8. The molecule has 2 aromatic carbocycles. The van der Waals surface area contributed by atoms with Crippen molar-refractivity contribution in [2.24, 2.45) is 5.73 Å². The number of primary amides is 1. The molecule has 0 aromatic heterocycles. The first-order valence-electron chi connectivity index (χ1n) is 10.4. The summed E-state index contributed by atoms with van der Waals surface area (Å²) in [6, 6.07) is 15.3. The molecule has 1 saturated heterocycles. The van der Waals surface area contributed by atoms with Gasteiger partial charge >= 0.3 is 0 Å². The molecule has 0 aliphatic carbocycles. The van der Waals surface area contributed by atoms with Crippen molar-refractivity contribution in [1.82, 2.24) is 4.90 Å². The van der Waals surface area contributed by atoms with Gasteiger partial charge < -0.3 is 15.5 Å². The van der Waals surface area contributed by atoms with E-state index in [1.165, 1.54) is 30.5 Å². The Morgan fingerprint density at radius 3 is 2.72 bits per heavy atom. The number of piperidine rings is 1. The number of likely N-dealkylation sites (tertiary alicyclic amines) is 1. The van der Waals surface area contributed by atoms with Gasteiger partial charge in [0.2, 0.25) is 5.91 Å². The third kappa shape index (κ3) is 4.76. The van der Waals surface area contributed by atoms with Gasteiger partial charge in [-0.3, -0.25) is 4.79 Å². The zero-order valence-electron chi connectivity index (χ0n) is 16.7. The smallest absolute Gasteiger partial charge is 0.217 e. The molecule has 2 aliphatic rings. The summed E-state index contributed by atoms with van der Waals surface area (Å²) in [6.45, 7) is 3.27. The Labute approximate surface area is 177 Å². The topological polar surface area (TPSA) is 49.6 Å². The lowest BCUT2D eigenvalue weighted by molar-refractivity contribution is -0.117. The standard InChI is InChI=1S/C24H28ClN3O/c25-21-7-5-18(20(17-21)6-8-24(26)29)9-13-27-14-11-22(12-15-27)28-16-10-19-3-1-2-4-23(19)28/h1-5,7,9,13,17,22H,6,8,10-12,14-16H2,(H2,26,29). The molecule has 4 rings (SSSR count). The molecule has 1 amide bonds. The van der Waals surface area contributed by atoms with Gasteiger partial charge in [-0.15, -0.1) is 0 Å². The fraction of sp³-hybridized carbons (Fsp3) is 0.375. The third-order valence-electron chi connectivity index (χ3n) is 6.07. The van der Waals surface area contributed by atoms with Gasteiger partial charge in [0.1, 0.15) is 0 Å². The third-order valence-corrected chi connectivity index (χ3v) is 6.31. The Hall–Kier alpha value is -2.46. The SMILES string of the molecule is NC(=O)CCc1cc(Cl)ccc1C=CN1CCC(N2CCc3ccccc32)CC1. The van der Waals surface area contributed by atoms with E-state index < -0.39 is 0 Å². The summed E-state index contributed by atoms with van der Waals surface area (Å²) < 4.78 is 0. The number of halogens is 1. The van der Waals surface area contributed by atoms with Crippen LogP contribution in [0.1, 0.15) is 36.0 Å². The second-order valence-electron chi connectivity index (χ2n) is 7.96. The summed E-state index contributed by atoms with van der Waals surface area (Å²) in [5.41, 5.74) is 10.4. The minimum Gasteiger partial charge on any atom is -0.377 e. The number of amides is 1. The van der Waals surface area contributed by atoms with E-state index in [0.29, 0.717) is 23.9 Å². The molecule has 5 heteroatoms. The number of benzene rings is 2. The van der Waals surface area contributed by atoms with Gasteiger partial charge in [0.05, 0.1) is 0 Å². The van der Waals surface area contributed by atoms with Crippen LogP contribution in [0, 0.1) is 0 Å². The molecule has 0 radical (unpaired) electrons. The van der Waals surface area contributed by atoms with Crippen LogP contribution in [0.25, 0.3) is 6.08 Å². The van der Waals surface area contributed by atoms with Crippen LogP contribution in [0.15, 0.2) is 48.7 Å². The van der Waals surface area contributed by atoms with E-state index in [1.54, 1.807) is 0 Å². The molecular weight excluding hydrogens is 382 g/mol. The number of para-hydroxylation sites is 1. The van der Waals surface area contributed by atoms with Crippen molar-refractivity contribution in [3.63, 3.8) is 0 Å². The minimum absolute atomic E-state index is 0.287. The highest BCUT2D eigenvalue weighted by atomic mass is 35.5. The Bertz CT molecular complexity index is 903.